The molecular formula is C13H16O4. The third-order valence-corrected chi connectivity index (χ3v) is 2.79. The Hall–Kier alpha value is -1.71. The van der Waals surface area contributed by atoms with Crippen LogP contribution in [0.15, 0.2) is 12.1 Å². The van der Waals surface area contributed by atoms with Crippen molar-refractivity contribution in [3.05, 3.63) is 23.3 Å². The van der Waals surface area contributed by atoms with Gasteiger partial charge in [0.15, 0.2) is 11.5 Å². The Labute approximate surface area is 100 Å². The van der Waals surface area contributed by atoms with Gasteiger partial charge in [-0.2, -0.15) is 0 Å². The first kappa shape index (κ1) is 11.8. The number of fused-ring (bicyclic) bond motifs is 1. The third kappa shape index (κ3) is 2.70. The molecule has 0 bridgehead atoms. The van der Waals surface area contributed by atoms with E-state index in [1.165, 1.54) is 0 Å². The van der Waals surface area contributed by atoms with Crippen LogP contribution >= 0.6 is 0 Å². The van der Waals surface area contributed by atoms with Crippen molar-refractivity contribution in [2.75, 3.05) is 13.2 Å². The Morgan fingerprint density at radius 3 is 2.35 bits per heavy atom. The molecule has 1 aromatic carbocycles. The van der Waals surface area contributed by atoms with E-state index in [0.717, 1.165) is 29.7 Å². The highest BCUT2D eigenvalue weighted by atomic mass is 16.5. The summed E-state index contributed by atoms with van der Waals surface area (Å²) in [4.78, 5) is 10.8. The second-order valence-corrected chi connectivity index (χ2v) is 4.04. The first-order chi connectivity index (χ1) is 8.20. The third-order valence-electron chi connectivity index (χ3n) is 2.79. The Morgan fingerprint density at radius 1 is 1.24 bits per heavy atom. The van der Waals surface area contributed by atoms with E-state index >= 15 is 0 Å². The van der Waals surface area contributed by atoms with Crippen LogP contribution in [-0.4, -0.2) is 24.3 Å². The summed E-state index contributed by atoms with van der Waals surface area (Å²) in [5, 5.41) is 8.87. The summed E-state index contributed by atoms with van der Waals surface area (Å²) >= 11 is 0. The number of rotatable bonds is 3. The fourth-order valence-corrected chi connectivity index (χ4v) is 1.95. The Morgan fingerprint density at radius 2 is 1.82 bits per heavy atom. The van der Waals surface area contributed by atoms with Gasteiger partial charge >= 0.3 is 5.97 Å². The fraction of sp³-hybridized carbons (Fsp3) is 0.462. The summed E-state index contributed by atoms with van der Waals surface area (Å²) in [6.45, 7) is 3.27. The number of aliphatic carboxylic acids is 1. The van der Waals surface area contributed by atoms with Crippen LogP contribution in [0, 0.1) is 0 Å². The van der Waals surface area contributed by atoms with Gasteiger partial charge in [-0.25, -0.2) is 0 Å². The van der Waals surface area contributed by atoms with Crippen LogP contribution in [0.1, 0.15) is 24.5 Å². The van der Waals surface area contributed by atoms with Crippen molar-refractivity contribution < 1.29 is 19.4 Å². The van der Waals surface area contributed by atoms with Gasteiger partial charge in [0.1, 0.15) is 0 Å². The van der Waals surface area contributed by atoms with Gasteiger partial charge in [0.2, 0.25) is 0 Å². The van der Waals surface area contributed by atoms with Crippen LogP contribution in [0.4, 0.5) is 0 Å². The molecule has 0 aliphatic carbocycles. The molecule has 0 saturated carbocycles. The highest BCUT2D eigenvalue weighted by Gasteiger charge is 2.15. The summed E-state index contributed by atoms with van der Waals surface area (Å²) in [5.74, 6) is 0.568. The lowest BCUT2D eigenvalue weighted by Gasteiger charge is -2.12. The molecule has 2 rings (SSSR count). The molecule has 4 nitrogen and oxygen atoms in total. The molecule has 0 spiro atoms. The van der Waals surface area contributed by atoms with Gasteiger partial charge in [0.25, 0.3) is 0 Å². The molecule has 0 unspecified atom stereocenters. The average molecular weight is 236 g/mol. The lowest BCUT2D eigenvalue weighted by Crippen LogP contribution is -2.04. The predicted octanol–water partition coefficient (Wildman–Crippen LogP) is 2.04. The molecule has 0 radical (unpaired) electrons. The van der Waals surface area contributed by atoms with Crippen LogP contribution in [0.2, 0.25) is 0 Å². The maximum Gasteiger partial charge on any atom is 0.307 e. The smallest absolute Gasteiger partial charge is 0.307 e. The number of ether oxygens (including phenoxy) is 2. The molecule has 0 saturated heterocycles. The molecule has 17 heavy (non-hydrogen) atoms. The number of hydrogen-bond donors (Lipinski definition) is 1. The monoisotopic (exact) mass is 236 g/mol. The zero-order valence-electron chi connectivity index (χ0n) is 9.86. The molecule has 0 aromatic heterocycles. The molecule has 1 aromatic rings. The minimum absolute atomic E-state index is 0.0276. The van der Waals surface area contributed by atoms with Gasteiger partial charge < -0.3 is 14.6 Å². The number of carboxylic acids is 1. The molecule has 1 heterocycles. The molecule has 4 heteroatoms. The van der Waals surface area contributed by atoms with E-state index in [0.29, 0.717) is 19.0 Å². The number of carboxylic acid groups (broad SMARTS) is 1. The first-order valence-corrected chi connectivity index (χ1v) is 5.84. The lowest BCUT2D eigenvalue weighted by atomic mass is 10.0. The maximum atomic E-state index is 10.8. The summed E-state index contributed by atoms with van der Waals surface area (Å²) in [5.41, 5.74) is 1.82. The molecular weight excluding hydrogens is 220 g/mol. The lowest BCUT2D eigenvalue weighted by molar-refractivity contribution is -0.136. The fourth-order valence-electron chi connectivity index (χ4n) is 1.95. The second kappa shape index (κ2) is 5.08. The highest BCUT2D eigenvalue weighted by molar-refractivity contribution is 5.71. The van der Waals surface area contributed by atoms with E-state index in [9.17, 15) is 4.79 Å². The van der Waals surface area contributed by atoms with E-state index in [1.54, 1.807) is 6.07 Å². The zero-order chi connectivity index (χ0) is 12.3. The van der Waals surface area contributed by atoms with E-state index < -0.39 is 5.97 Å². The minimum Gasteiger partial charge on any atom is -0.490 e. The first-order valence-electron chi connectivity index (χ1n) is 5.84. The number of aryl methyl sites for hydroxylation is 1. The SMILES string of the molecule is CCc1cc2c(cc1CC(=O)O)OCCCO2. The number of carbonyl (C=O) groups is 1. The molecule has 0 atom stereocenters. The van der Waals surface area contributed by atoms with Crippen molar-refractivity contribution in [3.63, 3.8) is 0 Å². The quantitative estimate of drug-likeness (QED) is 0.872. The van der Waals surface area contributed by atoms with Gasteiger partial charge in [0, 0.05) is 6.42 Å². The largest absolute Gasteiger partial charge is 0.490 e. The standard InChI is InChI=1S/C13H16O4/c1-2-9-6-11-12(17-5-3-4-16-11)7-10(9)8-13(14)15/h6-7H,2-5,8H2,1H3,(H,14,15). The van der Waals surface area contributed by atoms with Gasteiger partial charge in [-0.15, -0.1) is 0 Å². The summed E-state index contributed by atoms with van der Waals surface area (Å²) in [6, 6.07) is 3.70. The van der Waals surface area contributed by atoms with Crippen LogP contribution in [0.3, 0.4) is 0 Å². The second-order valence-electron chi connectivity index (χ2n) is 4.04. The van der Waals surface area contributed by atoms with Crippen LogP contribution < -0.4 is 9.47 Å². The van der Waals surface area contributed by atoms with E-state index in [1.807, 2.05) is 13.0 Å². The molecule has 92 valence electrons. The maximum absolute atomic E-state index is 10.8. The molecule has 0 fully saturated rings. The average Bonchev–Trinajstić information content (AvgIpc) is 2.51. The van der Waals surface area contributed by atoms with Crippen molar-refractivity contribution in [3.8, 4) is 11.5 Å². The Kier molecular flexibility index (Phi) is 3.52. The van der Waals surface area contributed by atoms with Gasteiger partial charge in [-0.1, -0.05) is 6.92 Å². The molecule has 1 aliphatic rings. The Bertz CT molecular complexity index is 426. The van der Waals surface area contributed by atoms with Gasteiger partial charge in [0.05, 0.1) is 19.6 Å². The van der Waals surface area contributed by atoms with Gasteiger partial charge in [-0.3, -0.25) is 4.79 Å². The molecule has 1 aliphatic heterocycles. The summed E-state index contributed by atoms with van der Waals surface area (Å²) in [6.07, 6.45) is 1.67. The van der Waals surface area contributed by atoms with Crippen LogP contribution in [0.5, 0.6) is 11.5 Å². The predicted molar refractivity (Wildman–Crippen MR) is 62.8 cm³/mol. The molecule has 1 N–H and O–H groups in total. The Balaban J connectivity index is 2.38. The van der Waals surface area contributed by atoms with Crippen LogP contribution in [-0.2, 0) is 17.6 Å². The van der Waals surface area contributed by atoms with Crippen molar-refractivity contribution in [2.24, 2.45) is 0 Å². The van der Waals surface area contributed by atoms with Crippen molar-refractivity contribution >= 4 is 5.97 Å². The van der Waals surface area contributed by atoms with E-state index in [-0.39, 0.29) is 6.42 Å². The normalized spacial score (nSPS) is 14.2. The van der Waals surface area contributed by atoms with Crippen molar-refractivity contribution in [2.45, 2.75) is 26.2 Å². The number of hydrogen-bond acceptors (Lipinski definition) is 3. The van der Waals surface area contributed by atoms with Crippen LogP contribution in [0.25, 0.3) is 0 Å². The van der Waals surface area contributed by atoms with E-state index in [2.05, 4.69) is 0 Å². The summed E-state index contributed by atoms with van der Waals surface area (Å²) in [7, 11) is 0. The van der Waals surface area contributed by atoms with Crippen molar-refractivity contribution in [1.29, 1.82) is 0 Å². The zero-order valence-corrected chi connectivity index (χ0v) is 9.86. The van der Waals surface area contributed by atoms with Crippen molar-refractivity contribution in [1.82, 2.24) is 0 Å². The topological polar surface area (TPSA) is 55.8 Å². The minimum atomic E-state index is -0.825. The van der Waals surface area contributed by atoms with Gasteiger partial charge in [-0.05, 0) is 29.7 Å². The highest BCUT2D eigenvalue weighted by Crippen LogP contribution is 2.33. The summed E-state index contributed by atoms with van der Waals surface area (Å²) < 4.78 is 11.1. The van der Waals surface area contributed by atoms with E-state index in [4.69, 9.17) is 14.6 Å². The molecule has 0 amide bonds. The number of benzene rings is 1.